The normalized spacial score (nSPS) is 12.5. The Labute approximate surface area is 76.5 Å². The topological polar surface area (TPSA) is 21.3 Å². The smallest absolute Gasteiger partial charge is 0.379 e. The van der Waals surface area contributed by atoms with Gasteiger partial charge in [0, 0.05) is 6.61 Å². The van der Waals surface area contributed by atoms with Gasteiger partial charge in [0.1, 0.15) is 0 Å². The lowest BCUT2D eigenvalue weighted by atomic mass is 10.4. The lowest BCUT2D eigenvalue weighted by Crippen LogP contribution is -2.30. The van der Waals surface area contributed by atoms with Crippen LogP contribution in [0.2, 0.25) is 0 Å². The average molecular weight is 199 g/mol. The molecule has 0 atom stereocenters. The first-order valence-corrected chi connectivity index (χ1v) is 4.31. The van der Waals surface area contributed by atoms with Crippen LogP contribution in [0.1, 0.15) is 20.3 Å². The molecule has 0 radical (unpaired) electrons. The highest BCUT2D eigenvalue weighted by Crippen LogP contribution is 2.11. The summed E-state index contributed by atoms with van der Waals surface area (Å²) in [5, 5.41) is 2.29. The van der Waals surface area contributed by atoms with Gasteiger partial charge in [0.05, 0.1) is 12.6 Å². The maximum atomic E-state index is 11.6. The van der Waals surface area contributed by atoms with Crippen LogP contribution in [0, 0.1) is 0 Å². The van der Waals surface area contributed by atoms with Crippen LogP contribution < -0.4 is 5.32 Å². The van der Waals surface area contributed by atoms with E-state index in [1.807, 2.05) is 13.8 Å². The molecule has 0 aromatic heterocycles. The Bertz CT molecular complexity index is 125. The second-order valence-electron chi connectivity index (χ2n) is 3.07. The van der Waals surface area contributed by atoms with Gasteiger partial charge in [0.25, 0.3) is 0 Å². The minimum atomic E-state index is -4.11. The average Bonchev–Trinajstić information content (AvgIpc) is 1.93. The van der Waals surface area contributed by atoms with E-state index >= 15 is 0 Å². The number of hydrogen-bond acceptors (Lipinski definition) is 2. The number of alkyl halides is 3. The Morgan fingerprint density at radius 1 is 1.31 bits per heavy atom. The van der Waals surface area contributed by atoms with Crippen LogP contribution in [0.5, 0.6) is 0 Å². The van der Waals surface area contributed by atoms with E-state index in [1.165, 1.54) is 0 Å². The molecule has 0 bridgehead atoms. The predicted molar refractivity (Wildman–Crippen MR) is 44.6 cm³/mol. The molecule has 0 aliphatic heterocycles. The van der Waals surface area contributed by atoms with E-state index in [4.69, 9.17) is 4.74 Å². The van der Waals surface area contributed by atoms with Gasteiger partial charge in [0.2, 0.25) is 0 Å². The molecule has 0 unspecified atom stereocenters. The second-order valence-corrected chi connectivity index (χ2v) is 3.07. The van der Waals surface area contributed by atoms with Gasteiger partial charge in [-0.05, 0) is 26.8 Å². The fourth-order valence-corrected chi connectivity index (χ4v) is 0.746. The first-order valence-electron chi connectivity index (χ1n) is 4.31. The van der Waals surface area contributed by atoms with Crippen LogP contribution >= 0.6 is 0 Å². The van der Waals surface area contributed by atoms with Gasteiger partial charge in [-0.2, -0.15) is 13.2 Å². The molecule has 2 nitrogen and oxygen atoms in total. The summed E-state index contributed by atoms with van der Waals surface area (Å²) >= 11 is 0. The predicted octanol–water partition coefficient (Wildman–Crippen LogP) is 1.95. The molecule has 0 rings (SSSR count). The zero-order valence-electron chi connectivity index (χ0n) is 7.95. The molecule has 0 heterocycles. The Balaban J connectivity index is 3.09. The van der Waals surface area contributed by atoms with E-state index in [0.717, 1.165) is 0 Å². The van der Waals surface area contributed by atoms with Gasteiger partial charge >= 0.3 is 6.18 Å². The number of hydrogen-bond donors (Lipinski definition) is 1. The summed E-state index contributed by atoms with van der Waals surface area (Å²) in [4.78, 5) is 0. The van der Waals surface area contributed by atoms with Crippen LogP contribution in [0.25, 0.3) is 0 Å². The van der Waals surface area contributed by atoms with Crippen LogP contribution in [-0.4, -0.2) is 32.0 Å². The fraction of sp³-hybridized carbons (Fsp3) is 1.00. The monoisotopic (exact) mass is 199 g/mol. The molecule has 0 saturated carbocycles. The maximum absolute atomic E-state index is 11.6. The van der Waals surface area contributed by atoms with Crippen LogP contribution in [-0.2, 0) is 4.74 Å². The SMILES string of the molecule is CC(C)OCCCNCC(F)(F)F. The van der Waals surface area contributed by atoms with E-state index in [1.54, 1.807) is 0 Å². The van der Waals surface area contributed by atoms with E-state index in [2.05, 4.69) is 5.32 Å². The van der Waals surface area contributed by atoms with Gasteiger partial charge in [-0.3, -0.25) is 0 Å². The van der Waals surface area contributed by atoms with Crippen molar-refractivity contribution in [3.63, 3.8) is 0 Å². The molecule has 0 fully saturated rings. The van der Waals surface area contributed by atoms with Crippen LogP contribution in [0.3, 0.4) is 0 Å². The highest BCUT2D eigenvalue weighted by molar-refractivity contribution is 4.55. The van der Waals surface area contributed by atoms with Crippen molar-refractivity contribution < 1.29 is 17.9 Å². The highest BCUT2D eigenvalue weighted by atomic mass is 19.4. The minimum Gasteiger partial charge on any atom is -0.379 e. The first-order chi connectivity index (χ1) is 5.92. The zero-order chi connectivity index (χ0) is 10.3. The third-order valence-electron chi connectivity index (χ3n) is 1.27. The molecule has 0 aliphatic carbocycles. The molecule has 80 valence electrons. The quantitative estimate of drug-likeness (QED) is 0.660. The standard InChI is InChI=1S/C8H16F3NO/c1-7(2)13-5-3-4-12-6-8(9,10)11/h7,12H,3-6H2,1-2H3. The van der Waals surface area contributed by atoms with Crippen molar-refractivity contribution in [3.8, 4) is 0 Å². The zero-order valence-corrected chi connectivity index (χ0v) is 7.95. The molecule has 0 saturated heterocycles. The molecular formula is C8H16F3NO. The summed E-state index contributed by atoms with van der Waals surface area (Å²) in [7, 11) is 0. The maximum Gasteiger partial charge on any atom is 0.401 e. The van der Waals surface area contributed by atoms with Gasteiger partial charge in [-0.25, -0.2) is 0 Å². The number of halogens is 3. The van der Waals surface area contributed by atoms with Crippen LogP contribution in [0.4, 0.5) is 13.2 Å². The van der Waals surface area contributed by atoms with Crippen molar-refractivity contribution in [2.24, 2.45) is 0 Å². The summed E-state index contributed by atoms with van der Waals surface area (Å²) in [5.41, 5.74) is 0. The largest absolute Gasteiger partial charge is 0.401 e. The number of rotatable bonds is 6. The van der Waals surface area contributed by atoms with Gasteiger partial charge in [-0.15, -0.1) is 0 Å². The fourth-order valence-electron chi connectivity index (χ4n) is 0.746. The van der Waals surface area contributed by atoms with E-state index in [0.29, 0.717) is 19.6 Å². The van der Waals surface area contributed by atoms with E-state index < -0.39 is 12.7 Å². The van der Waals surface area contributed by atoms with Crippen molar-refractivity contribution in [2.45, 2.75) is 32.5 Å². The molecule has 5 heteroatoms. The summed E-state index contributed by atoms with van der Waals surface area (Å²) in [6, 6.07) is 0. The summed E-state index contributed by atoms with van der Waals surface area (Å²) in [6.45, 7) is 3.70. The summed E-state index contributed by atoms with van der Waals surface area (Å²) in [5.74, 6) is 0. The third-order valence-corrected chi connectivity index (χ3v) is 1.27. The molecule has 0 amide bonds. The van der Waals surface area contributed by atoms with Crippen LogP contribution in [0.15, 0.2) is 0 Å². The number of ether oxygens (including phenoxy) is 1. The number of nitrogens with one attached hydrogen (secondary N) is 1. The first kappa shape index (κ1) is 12.7. The van der Waals surface area contributed by atoms with Crippen molar-refractivity contribution in [1.29, 1.82) is 0 Å². The molecule has 0 aliphatic rings. The minimum absolute atomic E-state index is 0.141. The highest BCUT2D eigenvalue weighted by Gasteiger charge is 2.25. The van der Waals surface area contributed by atoms with Gasteiger partial charge in [-0.1, -0.05) is 0 Å². The Morgan fingerprint density at radius 2 is 1.92 bits per heavy atom. The Kier molecular flexibility index (Phi) is 6.07. The van der Waals surface area contributed by atoms with Crippen molar-refractivity contribution >= 4 is 0 Å². The van der Waals surface area contributed by atoms with Crippen molar-refractivity contribution in [1.82, 2.24) is 5.32 Å². The Hall–Kier alpha value is -0.290. The molecule has 0 spiro atoms. The molecular weight excluding hydrogens is 183 g/mol. The second kappa shape index (κ2) is 6.21. The van der Waals surface area contributed by atoms with Crippen molar-refractivity contribution in [3.05, 3.63) is 0 Å². The molecule has 1 N–H and O–H groups in total. The summed E-state index contributed by atoms with van der Waals surface area (Å²) < 4.78 is 40.0. The lowest BCUT2D eigenvalue weighted by molar-refractivity contribution is -0.124. The van der Waals surface area contributed by atoms with Gasteiger partial charge < -0.3 is 10.1 Å². The van der Waals surface area contributed by atoms with E-state index in [-0.39, 0.29) is 6.10 Å². The molecule has 0 aromatic rings. The third kappa shape index (κ3) is 11.7. The lowest BCUT2D eigenvalue weighted by Gasteiger charge is -2.09. The molecule has 0 aromatic carbocycles. The van der Waals surface area contributed by atoms with E-state index in [9.17, 15) is 13.2 Å². The van der Waals surface area contributed by atoms with Crippen molar-refractivity contribution in [2.75, 3.05) is 19.7 Å². The Morgan fingerprint density at radius 3 is 2.38 bits per heavy atom. The molecule has 13 heavy (non-hydrogen) atoms. The van der Waals surface area contributed by atoms with Gasteiger partial charge in [0.15, 0.2) is 0 Å². The summed E-state index contributed by atoms with van der Waals surface area (Å²) in [6.07, 6.45) is -3.37.